The van der Waals surface area contributed by atoms with E-state index in [1.54, 1.807) is 25.2 Å². The fourth-order valence-electron chi connectivity index (χ4n) is 1.69. The van der Waals surface area contributed by atoms with Gasteiger partial charge >= 0.3 is 0 Å². The van der Waals surface area contributed by atoms with E-state index in [1.807, 2.05) is 6.07 Å². The van der Waals surface area contributed by atoms with Gasteiger partial charge in [0.2, 0.25) is 0 Å². The molecule has 1 aromatic carbocycles. The maximum absolute atomic E-state index is 12.2. The molecular weight excluding hydrogens is 268 g/mol. The molecule has 0 aliphatic carbocycles. The monoisotopic (exact) mass is 286 g/mol. The van der Waals surface area contributed by atoms with Gasteiger partial charge in [0.15, 0.2) is 0 Å². The van der Waals surface area contributed by atoms with Crippen LogP contribution in [0, 0.1) is 23.2 Å². The van der Waals surface area contributed by atoms with E-state index in [4.69, 9.17) is 15.1 Å². The van der Waals surface area contributed by atoms with Gasteiger partial charge in [0.1, 0.15) is 5.75 Å². The van der Waals surface area contributed by atoms with Crippen LogP contribution in [0.25, 0.3) is 0 Å². The Bertz CT molecular complexity index is 594. The van der Waals surface area contributed by atoms with E-state index in [9.17, 15) is 4.79 Å². The predicted octanol–water partition coefficient (Wildman–Crippen LogP) is 1.41. The van der Waals surface area contributed by atoms with Crippen LogP contribution in [0.1, 0.15) is 28.8 Å². The fraction of sp³-hybridized carbons (Fsp3) is 0.375. The molecule has 5 nitrogen and oxygen atoms in total. The number of hydrogen-bond donors (Lipinski definition) is 1. The standard InChI is InChI=1S/C16H18N2O3/c1-18(10-5-9-17)16(20)14-7-8-15(21-2)13(12-14)6-3-4-11-19/h7-8,12,19H,4-5,10-11H2,1-2H3. The van der Waals surface area contributed by atoms with Gasteiger partial charge in [0.25, 0.3) is 5.91 Å². The number of hydrogen-bond acceptors (Lipinski definition) is 4. The Balaban J connectivity index is 3.00. The van der Waals surface area contributed by atoms with Gasteiger partial charge in [0.05, 0.1) is 31.8 Å². The molecule has 1 rings (SSSR count). The van der Waals surface area contributed by atoms with E-state index in [-0.39, 0.29) is 12.5 Å². The van der Waals surface area contributed by atoms with Crippen LogP contribution in [0.2, 0.25) is 0 Å². The highest BCUT2D eigenvalue weighted by Crippen LogP contribution is 2.19. The Morgan fingerprint density at radius 3 is 2.81 bits per heavy atom. The van der Waals surface area contributed by atoms with Crippen LogP contribution in [0.5, 0.6) is 5.75 Å². The first-order chi connectivity index (χ1) is 10.1. The van der Waals surface area contributed by atoms with Gasteiger partial charge in [-0.15, -0.1) is 0 Å². The smallest absolute Gasteiger partial charge is 0.253 e. The van der Waals surface area contributed by atoms with Gasteiger partial charge in [-0.25, -0.2) is 0 Å². The molecule has 0 atom stereocenters. The highest BCUT2D eigenvalue weighted by Gasteiger charge is 2.13. The molecular formula is C16H18N2O3. The molecule has 1 N–H and O–H groups in total. The number of carbonyl (C=O) groups is 1. The summed E-state index contributed by atoms with van der Waals surface area (Å²) < 4.78 is 5.20. The molecule has 0 unspecified atom stereocenters. The number of ether oxygens (including phenoxy) is 1. The average molecular weight is 286 g/mol. The van der Waals surface area contributed by atoms with E-state index in [0.29, 0.717) is 36.3 Å². The third-order valence-corrected chi connectivity index (χ3v) is 2.81. The molecule has 0 heterocycles. The number of rotatable bonds is 5. The molecule has 0 bridgehead atoms. The van der Waals surface area contributed by atoms with Crippen molar-refractivity contribution in [2.75, 3.05) is 27.3 Å². The summed E-state index contributed by atoms with van der Waals surface area (Å²) in [6.45, 7) is 0.373. The van der Waals surface area contributed by atoms with Crippen molar-refractivity contribution in [1.29, 1.82) is 5.26 Å². The normalized spacial score (nSPS) is 9.24. The van der Waals surface area contributed by atoms with Gasteiger partial charge < -0.3 is 14.7 Å². The van der Waals surface area contributed by atoms with Crippen molar-refractivity contribution in [1.82, 2.24) is 4.90 Å². The van der Waals surface area contributed by atoms with Gasteiger partial charge in [-0.05, 0) is 18.2 Å². The second kappa shape index (κ2) is 8.63. The first-order valence-corrected chi connectivity index (χ1v) is 6.54. The zero-order valence-electron chi connectivity index (χ0n) is 12.2. The molecule has 0 aliphatic rings. The summed E-state index contributed by atoms with van der Waals surface area (Å²) >= 11 is 0. The lowest BCUT2D eigenvalue weighted by atomic mass is 10.1. The summed E-state index contributed by atoms with van der Waals surface area (Å²) in [6.07, 6.45) is 0.658. The van der Waals surface area contributed by atoms with E-state index in [2.05, 4.69) is 11.8 Å². The third-order valence-electron chi connectivity index (χ3n) is 2.81. The Morgan fingerprint density at radius 2 is 2.19 bits per heavy atom. The maximum atomic E-state index is 12.2. The van der Waals surface area contributed by atoms with Crippen molar-refractivity contribution in [2.45, 2.75) is 12.8 Å². The highest BCUT2D eigenvalue weighted by atomic mass is 16.5. The Morgan fingerprint density at radius 1 is 1.43 bits per heavy atom. The summed E-state index contributed by atoms with van der Waals surface area (Å²) in [6, 6.07) is 7.03. The van der Waals surface area contributed by atoms with E-state index in [1.165, 1.54) is 12.0 Å². The number of amides is 1. The molecule has 110 valence electrons. The lowest BCUT2D eigenvalue weighted by molar-refractivity contribution is 0.0798. The summed E-state index contributed by atoms with van der Waals surface area (Å²) in [5, 5.41) is 17.3. The molecule has 1 amide bonds. The first-order valence-electron chi connectivity index (χ1n) is 6.54. The molecule has 0 radical (unpaired) electrons. The molecule has 21 heavy (non-hydrogen) atoms. The Kier molecular flexibility index (Phi) is 6.80. The zero-order valence-corrected chi connectivity index (χ0v) is 12.2. The summed E-state index contributed by atoms with van der Waals surface area (Å²) in [5.74, 6) is 6.10. The lowest BCUT2D eigenvalue weighted by Gasteiger charge is -2.16. The van der Waals surface area contributed by atoms with Crippen LogP contribution in [0.15, 0.2) is 18.2 Å². The number of nitriles is 1. The molecule has 0 saturated heterocycles. The summed E-state index contributed by atoms with van der Waals surface area (Å²) in [5.41, 5.74) is 1.09. The molecule has 0 spiro atoms. The zero-order chi connectivity index (χ0) is 15.7. The molecule has 1 aromatic rings. The van der Waals surface area contributed by atoms with Crippen molar-refractivity contribution >= 4 is 5.91 Å². The van der Waals surface area contributed by atoms with Gasteiger partial charge in [-0.3, -0.25) is 4.79 Å². The fourth-order valence-corrected chi connectivity index (χ4v) is 1.69. The van der Waals surface area contributed by atoms with E-state index in [0.717, 1.165) is 0 Å². The van der Waals surface area contributed by atoms with Crippen molar-refractivity contribution in [3.8, 4) is 23.7 Å². The number of benzene rings is 1. The number of aliphatic hydroxyl groups is 1. The number of aliphatic hydroxyl groups excluding tert-OH is 1. The van der Waals surface area contributed by atoms with Crippen LogP contribution in [-0.4, -0.2) is 43.2 Å². The van der Waals surface area contributed by atoms with Gasteiger partial charge in [-0.2, -0.15) is 5.26 Å². The van der Waals surface area contributed by atoms with E-state index < -0.39 is 0 Å². The van der Waals surface area contributed by atoms with Gasteiger partial charge in [0, 0.05) is 25.6 Å². The molecule has 0 aromatic heterocycles. The minimum absolute atomic E-state index is 0.00909. The predicted molar refractivity (Wildman–Crippen MR) is 78.8 cm³/mol. The summed E-state index contributed by atoms with van der Waals surface area (Å²) in [7, 11) is 3.19. The number of nitrogens with zero attached hydrogens (tertiary/aromatic N) is 2. The minimum Gasteiger partial charge on any atom is -0.495 e. The molecule has 5 heteroatoms. The SMILES string of the molecule is COc1ccc(C(=O)N(C)CCC#N)cc1C#CCCO. The van der Waals surface area contributed by atoms with Crippen LogP contribution in [-0.2, 0) is 0 Å². The number of methoxy groups -OCH3 is 1. The topological polar surface area (TPSA) is 73.6 Å². The second-order valence-corrected chi connectivity index (χ2v) is 4.33. The highest BCUT2D eigenvalue weighted by molar-refractivity contribution is 5.94. The maximum Gasteiger partial charge on any atom is 0.253 e. The Labute approximate surface area is 124 Å². The second-order valence-electron chi connectivity index (χ2n) is 4.33. The van der Waals surface area contributed by atoms with Crippen LogP contribution >= 0.6 is 0 Å². The third kappa shape index (κ3) is 4.83. The van der Waals surface area contributed by atoms with Crippen molar-refractivity contribution < 1.29 is 14.6 Å². The Hall–Kier alpha value is -2.50. The van der Waals surface area contributed by atoms with Crippen LogP contribution in [0.4, 0.5) is 0 Å². The van der Waals surface area contributed by atoms with Gasteiger partial charge in [-0.1, -0.05) is 11.8 Å². The van der Waals surface area contributed by atoms with Crippen LogP contribution < -0.4 is 4.74 Å². The molecule has 0 aliphatic heterocycles. The largest absolute Gasteiger partial charge is 0.495 e. The average Bonchev–Trinajstić information content (AvgIpc) is 2.52. The minimum atomic E-state index is -0.168. The number of carbonyl (C=O) groups excluding carboxylic acids is 1. The quantitative estimate of drug-likeness (QED) is 0.831. The first kappa shape index (κ1) is 16.6. The van der Waals surface area contributed by atoms with Crippen molar-refractivity contribution in [3.63, 3.8) is 0 Å². The van der Waals surface area contributed by atoms with Crippen LogP contribution in [0.3, 0.4) is 0 Å². The van der Waals surface area contributed by atoms with E-state index >= 15 is 0 Å². The molecule has 0 fully saturated rings. The van der Waals surface area contributed by atoms with Crippen molar-refractivity contribution in [3.05, 3.63) is 29.3 Å². The van der Waals surface area contributed by atoms with Crippen molar-refractivity contribution in [2.24, 2.45) is 0 Å². The molecule has 0 saturated carbocycles. The summed E-state index contributed by atoms with van der Waals surface area (Å²) in [4.78, 5) is 13.7. The lowest BCUT2D eigenvalue weighted by Crippen LogP contribution is -2.27.